The summed E-state index contributed by atoms with van der Waals surface area (Å²) < 4.78 is 30.8. The average Bonchev–Trinajstić information content (AvgIpc) is 2.45. The zero-order chi connectivity index (χ0) is 15.0. The number of nitrogens with two attached hydrogens (primary N) is 1. The monoisotopic (exact) mass is 301 g/mol. The van der Waals surface area contributed by atoms with Gasteiger partial charge in [0.2, 0.25) is 10.0 Å². The molecule has 1 aromatic rings. The Labute approximate surface area is 118 Å². The highest BCUT2D eigenvalue weighted by Crippen LogP contribution is 2.04. The molecule has 0 aliphatic carbocycles. The van der Waals surface area contributed by atoms with Crippen LogP contribution in [-0.4, -0.2) is 38.4 Å². The largest absolute Gasteiger partial charge is 0.409 e. The van der Waals surface area contributed by atoms with Crippen LogP contribution in [0.25, 0.3) is 0 Å². The second-order valence-electron chi connectivity index (χ2n) is 4.02. The zero-order valence-electron chi connectivity index (χ0n) is 11.2. The summed E-state index contributed by atoms with van der Waals surface area (Å²) in [6.07, 6.45) is 0. The van der Waals surface area contributed by atoms with Gasteiger partial charge in [0.15, 0.2) is 5.84 Å². The predicted octanol–water partition coefficient (Wildman–Crippen LogP) is 0.237. The van der Waals surface area contributed by atoms with Crippen LogP contribution in [0.2, 0.25) is 0 Å². The molecule has 0 unspecified atom stereocenters. The SMILES string of the molecule is CCOCCS(=O)(=O)NCc1ccc(C(N)=NO)cc1. The molecule has 0 saturated heterocycles. The Balaban J connectivity index is 2.53. The number of amidine groups is 1. The van der Waals surface area contributed by atoms with E-state index in [-0.39, 0.29) is 24.7 Å². The third-order valence-corrected chi connectivity index (χ3v) is 3.84. The first-order chi connectivity index (χ1) is 9.48. The Kier molecular flexibility index (Phi) is 6.43. The molecule has 8 heteroatoms. The molecule has 112 valence electrons. The molecule has 0 aliphatic rings. The Morgan fingerprint density at radius 1 is 1.40 bits per heavy atom. The molecule has 0 radical (unpaired) electrons. The topological polar surface area (TPSA) is 114 Å². The lowest BCUT2D eigenvalue weighted by Crippen LogP contribution is -2.28. The van der Waals surface area contributed by atoms with E-state index >= 15 is 0 Å². The number of nitrogens with zero attached hydrogens (tertiary/aromatic N) is 1. The molecule has 0 spiro atoms. The van der Waals surface area contributed by atoms with Crippen molar-refractivity contribution in [1.29, 1.82) is 0 Å². The van der Waals surface area contributed by atoms with E-state index in [1.807, 2.05) is 6.92 Å². The molecule has 0 saturated carbocycles. The summed E-state index contributed by atoms with van der Waals surface area (Å²) in [6.45, 7) is 2.66. The number of hydrogen-bond donors (Lipinski definition) is 3. The molecule has 0 atom stereocenters. The zero-order valence-corrected chi connectivity index (χ0v) is 12.1. The van der Waals surface area contributed by atoms with Crippen molar-refractivity contribution in [2.24, 2.45) is 10.9 Å². The molecular weight excluding hydrogens is 282 g/mol. The highest BCUT2D eigenvalue weighted by molar-refractivity contribution is 7.89. The Morgan fingerprint density at radius 2 is 2.05 bits per heavy atom. The lowest BCUT2D eigenvalue weighted by atomic mass is 10.1. The first-order valence-corrected chi connectivity index (χ1v) is 7.75. The highest BCUT2D eigenvalue weighted by atomic mass is 32.2. The van der Waals surface area contributed by atoms with Crippen LogP contribution < -0.4 is 10.5 Å². The molecule has 0 aliphatic heterocycles. The summed E-state index contributed by atoms with van der Waals surface area (Å²) in [5.41, 5.74) is 6.77. The van der Waals surface area contributed by atoms with Crippen molar-refractivity contribution < 1.29 is 18.4 Å². The predicted molar refractivity (Wildman–Crippen MR) is 76.1 cm³/mol. The van der Waals surface area contributed by atoms with Crippen LogP contribution in [0.1, 0.15) is 18.1 Å². The van der Waals surface area contributed by atoms with Crippen molar-refractivity contribution in [3.05, 3.63) is 35.4 Å². The lowest BCUT2D eigenvalue weighted by molar-refractivity contribution is 0.163. The molecule has 0 aromatic heterocycles. The lowest BCUT2D eigenvalue weighted by Gasteiger charge is -2.07. The molecule has 0 bridgehead atoms. The summed E-state index contributed by atoms with van der Waals surface area (Å²) in [7, 11) is -3.35. The van der Waals surface area contributed by atoms with Gasteiger partial charge in [-0.3, -0.25) is 0 Å². The first-order valence-electron chi connectivity index (χ1n) is 6.10. The van der Waals surface area contributed by atoms with Crippen LogP contribution >= 0.6 is 0 Å². The maximum atomic E-state index is 11.6. The van der Waals surface area contributed by atoms with Crippen molar-refractivity contribution in [2.45, 2.75) is 13.5 Å². The minimum atomic E-state index is -3.35. The third kappa shape index (κ3) is 5.55. The standard InChI is InChI=1S/C12H19N3O4S/c1-2-19-7-8-20(17,18)14-9-10-3-5-11(6-4-10)12(13)15-16/h3-6,14,16H,2,7-9H2,1H3,(H2,13,15). The van der Waals surface area contributed by atoms with Crippen molar-refractivity contribution in [2.75, 3.05) is 19.0 Å². The van der Waals surface area contributed by atoms with Crippen LogP contribution in [0.5, 0.6) is 0 Å². The van der Waals surface area contributed by atoms with Crippen LogP contribution in [0.3, 0.4) is 0 Å². The van der Waals surface area contributed by atoms with Gasteiger partial charge >= 0.3 is 0 Å². The summed E-state index contributed by atoms with van der Waals surface area (Å²) in [6, 6.07) is 6.72. The fourth-order valence-electron chi connectivity index (χ4n) is 1.43. The van der Waals surface area contributed by atoms with E-state index in [0.717, 1.165) is 5.56 Å². The minimum Gasteiger partial charge on any atom is -0.409 e. The van der Waals surface area contributed by atoms with E-state index in [1.165, 1.54) is 0 Å². The maximum Gasteiger partial charge on any atom is 0.214 e. The second-order valence-corrected chi connectivity index (χ2v) is 5.95. The van der Waals surface area contributed by atoms with Crippen LogP contribution in [-0.2, 0) is 21.3 Å². The smallest absolute Gasteiger partial charge is 0.214 e. The van der Waals surface area contributed by atoms with Crippen LogP contribution in [0.15, 0.2) is 29.4 Å². The maximum absolute atomic E-state index is 11.6. The van der Waals surface area contributed by atoms with E-state index < -0.39 is 10.0 Å². The Morgan fingerprint density at radius 3 is 2.60 bits per heavy atom. The minimum absolute atomic E-state index is 0.00819. The molecular formula is C12H19N3O4S. The molecule has 1 aromatic carbocycles. The number of hydrogen-bond acceptors (Lipinski definition) is 5. The van der Waals surface area contributed by atoms with Gasteiger partial charge in [-0.05, 0) is 12.5 Å². The molecule has 4 N–H and O–H groups in total. The van der Waals surface area contributed by atoms with E-state index in [2.05, 4.69) is 9.88 Å². The van der Waals surface area contributed by atoms with E-state index in [4.69, 9.17) is 15.7 Å². The molecule has 7 nitrogen and oxygen atoms in total. The van der Waals surface area contributed by atoms with Crippen LogP contribution in [0.4, 0.5) is 0 Å². The Hall–Kier alpha value is -1.64. The number of ether oxygens (including phenoxy) is 1. The van der Waals surface area contributed by atoms with Gasteiger partial charge in [0.25, 0.3) is 0 Å². The van der Waals surface area contributed by atoms with E-state index in [9.17, 15) is 8.42 Å². The van der Waals surface area contributed by atoms with Crippen molar-refractivity contribution in [3.63, 3.8) is 0 Å². The van der Waals surface area contributed by atoms with Gasteiger partial charge in [-0.2, -0.15) is 0 Å². The molecule has 0 amide bonds. The summed E-state index contributed by atoms with van der Waals surface area (Å²) >= 11 is 0. The van der Waals surface area contributed by atoms with Gasteiger partial charge in [-0.15, -0.1) is 0 Å². The van der Waals surface area contributed by atoms with Gasteiger partial charge in [0.1, 0.15) is 0 Å². The van der Waals surface area contributed by atoms with Crippen LogP contribution in [0, 0.1) is 0 Å². The van der Waals surface area contributed by atoms with Crippen molar-refractivity contribution >= 4 is 15.9 Å². The number of sulfonamides is 1. The van der Waals surface area contributed by atoms with Gasteiger partial charge in [-0.1, -0.05) is 29.4 Å². The Bertz CT molecular complexity index is 540. The summed E-state index contributed by atoms with van der Waals surface area (Å²) in [5, 5.41) is 11.4. The fraction of sp³-hybridized carbons (Fsp3) is 0.417. The van der Waals surface area contributed by atoms with E-state index in [0.29, 0.717) is 12.2 Å². The molecule has 0 heterocycles. The average molecular weight is 301 g/mol. The second kappa shape index (κ2) is 7.83. The molecule has 0 fully saturated rings. The highest BCUT2D eigenvalue weighted by Gasteiger charge is 2.09. The number of rotatable bonds is 8. The fourth-order valence-corrected chi connectivity index (χ4v) is 2.30. The van der Waals surface area contributed by atoms with Gasteiger partial charge < -0.3 is 15.7 Å². The van der Waals surface area contributed by atoms with Crippen molar-refractivity contribution in [3.8, 4) is 0 Å². The van der Waals surface area contributed by atoms with Gasteiger partial charge in [-0.25, -0.2) is 13.1 Å². The molecule has 20 heavy (non-hydrogen) atoms. The number of benzene rings is 1. The summed E-state index contributed by atoms with van der Waals surface area (Å²) in [4.78, 5) is 0. The third-order valence-electron chi connectivity index (χ3n) is 2.55. The van der Waals surface area contributed by atoms with Crippen molar-refractivity contribution in [1.82, 2.24) is 4.72 Å². The van der Waals surface area contributed by atoms with E-state index in [1.54, 1.807) is 24.3 Å². The number of nitrogens with one attached hydrogen (secondary N) is 1. The van der Waals surface area contributed by atoms with Gasteiger partial charge in [0.05, 0.1) is 12.4 Å². The molecule has 1 rings (SSSR count). The van der Waals surface area contributed by atoms with Gasteiger partial charge in [0, 0.05) is 18.7 Å². The summed E-state index contributed by atoms with van der Waals surface area (Å²) in [5.74, 6) is -0.0582. The first kappa shape index (κ1) is 16.4. The normalized spacial score (nSPS) is 12.6. The quantitative estimate of drug-likeness (QED) is 0.209. The number of oxime groups is 1.